The Morgan fingerprint density at radius 3 is 2.65 bits per heavy atom. The highest BCUT2D eigenvalue weighted by Gasteiger charge is 2.49. The Morgan fingerprint density at radius 1 is 1.13 bits per heavy atom. The van der Waals surface area contributed by atoms with Gasteiger partial charge in [-0.15, -0.1) is 0 Å². The smallest absolute Gasteiger partial charge is 0.325 e. The maximum absolute atomic E-state index is 13.1. The molecule has 4 rings (SSSR count). The number of benzene rings is 2. The van der Waals surface area contributed by atoms with Crippen molar-refractivity contribution in [1.82, 2.24) is 15.5 Å². The topological polar surface area (TPSA) is 97.0 Å². The first-order valence-electron chi connectivity index (χ1n) is 10.2. The SMILES string of the molecule is Cc1ccccc1CCNC(=O)CN1C(=O)N[C@@](C)(c2ccc3c(c2)OCCO3)C1=O. The Morgan fingerprint density at radius 2 is 1.87 bits per heavy atom. The zero-order valence-corrected chi connectivity index (χ0v) is 17.6. The van der Waals surface area contributed by atoms with Gasteiger partial charge in [0.2, 0.25) is 5.91 Å². The molecule has 31 heavy (non-hydrogen) atoms. The molecule has 0 aromatic heterocycles. The van der Waals surface area contributed by atoms with Gasteiger partial charge in [0.05, 0.1) is 0 Å². The van der Waals surface area contributed by atoms with Crippen LogP contribution < -0.4 is 20.1 Å². The van der Waals surface area contributed by atoms with Crippen molar-refractivity contribution < 1.29 is 23.9 Å². The number of urea groups is 1. The zero-order valence-electron chi connectivity index (χ0n) is 17.6. The molecule has 2 aromatic rings. The van der Waals surface area contributed by atoms with Gasteiger partial charge in [-0.05, 0) is 49.1 Å². The number of amides is 4. The molecule has 0 radical (unpaired) electrons. The van der Waals surface area contributed by atoms with Gasteiger partial charge in [0.15, 0.2) is 11.5 Å². The Hall–Kier alpha value is -3.55. The van der Waals surface area contributed by atoms with Gasteiger partial charge in [0.25, 0.3) is 5.91 Å². The van der Waals surface area contributed by atoms with Crippen LogP contribution in [0.2, 0.25) is 0 Å². The number of carbonyl (C=O) groups is 3. The minimum atomic E-state index is -1.28. The highest BCUT2D eigenvalue weighted by molar-refractivity contribution is 6.09. The summed E-state index contributed by atoms with van der Waals surface area (Å²) in [6, 6.07) is 12.5. The summed E-state index contributed by atoms with van der Waals surface area (Å²) in [6.07, 6.45) is 0.674. The van der Waals surface area contributed by atoms with E-state index in [0.29, 0.717) is 43.2 Å². The lowest BCUT2D eigenvalue weighted by molar-refractivity contribution is -0.134. The van der Waals surface area contributed by atoms with Gasteiger partial charge in [0.1, 0.15) is 25.3 Å². The van der Waals surface area contributed by atoms with Crippen LogP contribution in [0.1, 0.15) is 23.6 Å². The summed E-state index contributed by atoms with van der Waals surface area (Å²) in [4.78, 5) is 38.9. The second-order valence-electron chi connectivity index (χ2n) is 7.83. The summed E-state index contributed by atoms with van der Waals surface area (Å²) < 4.78 is 11.1. The van der Waals surface area contributed by atoms with E-state index in [1.54, 1.807) is 25.1 Å². The number of rotatable bonds is 6. The third-order valence-corrected chi connectivity index (χ3v) is 5.67. The number of nitrogens with one attached hydrogen (secondary N) is 2. The molecular weight excluding hydrogens is 398 g/mol. The van der Waals surface area contributed by atoms with Gasteiger partial charge >= 0.3 is 6.03 Å². The van der Waals surface area contributed by atoms with Crippen molar-refractivity contribution in [3.63, 3.8) is 0 Å². The molecule has 2 heterocycles. The summed E-state index contributed by atoms with van der Waals surface area (Å²) in [5.41, 5.74) is 1.58. The maximum atomic E-state index is 13.1. The molecule has 1 fully saturated rings. The van der Waals surface area contributed by atoms with Gasteiger partial charge in [0, 0.05) is 6.54 Å². The van der Waals surface area contributed by atoms with Crippen LogP contribution in [0.25, 0.3) is 0 Å². The normalized spacial score (nSPS) is 19.9. The van der Waals surface area contributed by atoms with Crippen LogP contribution in [0, 0.1) is 6.92 Å². The molecule has 2 aliphatic heterocycles. The number of hydrogen-bond acceptors (Lipinski definition) is 5. The molecular formula is C23H25N3O5. The summed E-state index contributed by atoms with van der Waals surface area (Å²) >= 11 is 0. The van der Waals surface area contributed by atoms with E-state index in [9.17, 15) is 14.4 Å². The van der Waals surface area contributed by atoms with E-state index in [1.165, 1.54) is 0 Å². The summed E-state index contributed by atoms with van der Waals surface area (Å²) in [6.45, 7) is 4.61. The maximum Gasteiger partial charge on any atom is 0.325 e. The van der Waals surface area contributed by atoms with E-state index >= 15 is 0 Å². The number of hydrogen-bond donors (Lipinski definition) is 2. The van der Waals surface area contributed by atoms with Crippen molar-refractivity contribution in [1.29, 1.82) is 0 Å². The first kappa shape index (κ1) is 20.7. The Bertz CT molecular complexity index is 1040. The van der Waals surface area contributed by atoms with Crippen LogP contribution in [0.5, 0.6) is 11.5 Å². The van der Waals surface area contributed by atoms with Gasteiger partial charge in [-0.3, -0.25) is 14.5 Å². The van der Waals surface area contributed by atoms with Crippen molar-refractivity contribution >= 4 is 17.8 Å². The minimum absolute atomic E-state index is 0.335. The van der Waals surface area contributed by atoms with Gasteiger partial charge in [-0.1, -0.05) is 30.3 Å². The standard InChI is InChI=1S/C23H25N3O5/c1-15-5-3-4-6-16(15)9-10-24-20(27)14-26-21(28)23(2,25-22(26)29)17-7-8-18-19(13-17)31-12-11-30-18/h3-8,13H,9-12,14H2,1-2H3,(H,24,27)(H,25,29)/t23-/m0/s1. The van der Waals surface area contributed by atoms with Crippen molar-refractivity contribution in [2.45, 2.75) is 25.8 Å². The van der Waals surface area contributed by atoms with E-state index in [0.717, 1.165) is 16.0 Å². The molecule has 0 unspecified atom stereocenters. The van der Waals surface area contributed by atoms with Crippen LogP contribution in [-0.4, -0.2) is 49.0 Å². The van der Waals surface area contributed by atoms with E-state index in [4.69, 9.17) is 9.47 Å². The van der Waals surface area contributed by atoms with E-state index < -0.39 is 17.5 Å². The van der Waals surface area contributed by atoms with E-state index in [-0.39, 0.29) is 12.5 Å². The number of nitrogens with zero attached hydrogens (tertiary/aromatic N) is 1. The van der Waals surface area contributed by atoms with Crippen molar-refractivity contribution in [3.8, 4) is 11.5 Å². The zero-order chi connectivity index (χ0) is 22.0. The molecule has 1 atom stereocenters. The fourth-order valence-electron chi connectivity index (χ4n) is 3.82. The van der Waals surface area contributed by atoms with Crippen LogP contribution in [0.4, 0.5) is 4.79 Å². The Kier molecular flexibility index (Phi) is 5.54. The fourth-order valence-corrected chi connectivity index (χ4v) is 3.82. The fraction of sp³-hybridized carbons (Fsp3) is 0.348. The molecule has 8 heteroatoms. The second-order valence-corrected chi connectivity index (χ2v) is 7.83. The van der Waals surface area contributed by atoms with E-state index in [1.807, 2.05) is 31.2 Å². The minimum Gasteiger partial charge on any atom is -0.486 e. The molecule has 0 bridgehead atoms. The number of ether oxygens (including phenoxy) is 2. The average Bonchev–Trinajstić information content (AvgIpc) is 2.98. The highest BCUT2D eigenvalue weighted by atomic mass is 16.6. The third kappa shape index (κ3) is 4.05. The lowest BCUT2D eigenvalue weighted by atomic mass is 9.91. The molecule has 0 spiro atoms. The van der Waals surface area contributed by atoms with Crippen LogP contribution in [0.3, 0.4) is 0 Å². The number of fused-ring (bicyclic) bond motifs is 1. The summed E-state index contributed by atoms with van der Waals surface area (Å²) in [5, 5.41) is 5.49. The van der Waals surface area contributed by atoms with Gasteiger partial charge in [-0.2, -0.15) is 0 Å². The largest absolute Gasteiger partial charge is 0.486 e. The first-order valence-corrected chi connectivity index (χ1v) is 10.2. The van der Waals surface area contributed by atoms with Crippen LogP contribution in [-0.2, 0) is 21.5 Å². The van der Waals surface area contributed by atoms with Crippen LogP contribution >= 0.6 is 0 Å². The number of imide groups is 1. The molecule has 2 aromatic carbocycles. The summed E-state index contributed by atoms with van der Waals surface area (Å²) in [7, 11) is 0. The Labute approximate surface area is 180 Å². The average molecular weight is 423 g/mol. The molecule has 4 amide bonds. The molecule has 2 N–H and O–H groups in total. The highest BCUT2D eigenvalue weighted by Crippen LogP contribution is 2.36. The van der Waals surface area contributed by atoms with Crippen molar-refractivity contribution in [2.24, 2.45) is 0 Å². The molecule has 8 nitrogen and oxygen atoms in total. The number of aryl methyl sites for hydroxylation is 1. The molecule has 162 valence electrons. The van der Waals surface area contributed by atoms with Gasteiger partial charge < -0.3 is 20.1 Å². The lowest BCUT2D eigenvalue weighted by Gasteiger charge is -2.25. The molecule has 2 aliphatic rings. The third-order valence-electron chi connectivity index (χ3n) is 5.67. The predicted octanol–water partition coefficient (Wildman–Crippen LogP) is 1.89. The molecule has 0 saturated carbocycles. The molecule has 0 aliphatic carbocycles. The van der Waals surface area contributed by atoms with E-state index in [2.05, 4.69) is 10.6 Å². The van der Waals surface area contributed by atoms with Crippen molar-refractivity contribution in [2.75, 3.05) is 26.3 Å². The quantitative estimate of drug-likeness (QED) is 0.692. The first-order chi connectivity index (χ1) is 14.9. The number of carbonyl (C=O) groups excluding carboxylic acids is 3. The van der Waals surface area contributed by atoms with Crippen LogP contribution in [0.15, 0.2) is 42.5 Å². The molecule has 1 saturated heterocycles. The lowest BCUT2D eigenvalue weighted by Crippen LogP contribution is -2.43. The predicted molar refractivity (Wildman–Crippen MR) is 113 cm³/mol. The monoisotopic (exact) mass is 423 g/mol. The van der Waals surface area contributed by atoms with Gasteiger partial charge in [-0.25, -0.2) is 4.79 Å². The second kappa shape index (κ2) is 8.29. The Balaban J connectivity index is 1.40. The summed E-state index contributed by atoms with van der Waals surface area (Å²) in [5.74, 6) is 0.256. The van der Waals surface area contributed by atoms with Crippen molar-refractivity contribution in [3.05, 3.63) is 59.2 Å².